The van der Waals surface area contributed by atoms with E-state index in [1.807, 2.05) is 0 Å². The lowest BCUT2D eigenvalue weighted by molar-refractivity contribution is -0.167. The van der Waals surface area contributed by atoms with Crippen molar-refractivity contribution in [3.8, 4) is 0 Å². The summed E-state index contributed by atoms with van der Waals surface area (Å²) in [5.41, 5.74) is 0. The van der Waals surface area contributed by atoms with Crippen LogP contribution in [0.5, 0.6) is 0 Å². The summed E-state index contributed by atoms with van der Waals surface area (Å²) in [4.78, 5) is 37.7. The molecule has 0 radical (unpaired) electrons. The van der Waals surface area contributed by atoms with E-state index >= 15 is 0 Å². The van der Waals surface area contributed by atoms with Gasteiger partial charge in [-0.05, 0) is 83.5 Å². The molecule has 0 heterocycles. The van der Waals surface area contributed by atoms with Gasteiger partial charge >= 0.3 is 17.9 Å². The van der Waals surface area contributed by atoms with Crippen molar-refractivity contribution in [3.05, 3.63) is 60.8 Å². The van der Waals surface area contributed by atoms with Crippen LogP contribution in [0.4, 0.5) is 0 Å². The van der Waals surface area contributed by atoms with E-state index in [1.165, 1.54) is 154 Å². The number of carbonyl (C=O) groups is 3. The molecule has 0 bridgehead atoms. The molecular formula is C62H110O6. The van der Waals surface area contributed by atoms with Gasteiger partial charge in [0.05, 0.1) is 0 Å². The third kappa shape index (κ3) is 54.1. The number of esters is 3. The van der Waals surface area contributed by atoms with E-state index in [0.29, 0.717) is 19.3 Å². The van der Waals surface area contributed by atoms with E-state index in [-0.39, 0.29) is 31.1 Å². The Morgan fingerprint density at radius 2 is 0.544 bits per heavy atom. The molecule has 0 amide bonds. The van der Waals surface area contributed by atoms with Crippen molar-refractivity contribution in [2.45, 2.75) is 303 Å². The van der Waals surface area contributed by atoms with Crippen molar-refractivity contribution in [1.82, 2.24) is 0 Å². The molecule has 0 N–H and O–H groups in total. The van der Waals surface area contributed by atoms with Gasteiger partial charge in [-0.2, -0.15) is 0 Å². The average molecular weight is 952 g/mol. The first kappa shape index (κ1) is 65.1. The molecule has 0 spiro atoms. The highest BCUT2D eigenvalue weighted by Gasteiger charge is 2.19. The summed E-state index contributed by atoms with van der Waals surface area (Å²) in [6.45, 7) is 6.51. The van der Waals surface area contributed by atoms with Crippen molar-refractivity contribution < 1.29 is 28.6 Å². The van der Waals surface area contributed by atoms with E-state index in [0.717, 1.165) is 103 Å². The third-order valence-corrected chi connectivity index (χ3v) is 12.7. The van der Waals surface area contributed by atoms with E-state index in [1.54, 1.807) is 0 Å². The molecule has 6 nitrogen and oxygen atoms in total. The summed E-state index contributed by atoms with van der Waals surface area (Å²) < 4.78 is 16.7. The normalized spacial score (nSPS) is 12.5. The minimum Gasteiger partial charge on any atom is -0.462 e. The van der Waals surface area contributed by atoms with Crippen LogP contribution in [0.15, 0.2) is 60.8 Å². The number of ether oxygens (including phenoxy) is 3. The molecule has 0 aliphatic carbocycles. The largest absolute Gasteiger partial charge is 0.462 e. The zero-order chi connectivity index (χ0) is 49.3. The summed E-state index contributed by atoms with van der Waals surface area (Å²) in [5.74, 6) is -0.899. The maximum absolute atomic E-state index is 12.7. The summed E-state index contributed by atoms with van der Waals surface area (Å²) in [6.07, 6.45) is 71.3. The molecule has 0 aliphatic heterocycles. The molecule has 0 saturated heterocycles. The van der Waals surface area contributed by atoms with Crippen LogP contribution in [0.2, 0.25) is 0 Å². The van der Waals surface area contributed by atoms with Crippen molar-refractivity contribution in [2.75, 3.05) is 13.2 Å². The average Bonchev–Trinajstić information content (AvgIpc) is 3.34. The maximum Gasteiger partial charge on any atom is 0.306 e. The van der Waals surface area contributed by atoms with Crippen LogP contribution in [0.25, 0.3) is 0 Å². The molecular weight excluding hydrogens is 841 g/mol. The van der Waals surface area contributed by atoms with E-state index < -0.39 is 6.10 Å². The molecule has 6 heteroatoms. The van der Waals surface area contributed by atoms with Gasteiger partial charge in [0.2, 0.25) is 0 Å². The summed E-state index contributed by atoms with van der Waals surface area (Å²) >= 11 is 0. The predicted molar refractivity (Wildman–Crippen MR) is 293 cm³/mol. The third-order valence-electron chi connectivity index (χ3n) is 12.7. The predicted octanol–water partition coefficient (Wildman–Crippen LogP) is 19.6. The first-order valence-electron chi connectivity index (χ1n) is 29.3. The Morgan fingerprint density at radius 3 is 0.868 bits per heavy atom. The molecule has 0 aromatic heterocycles. The second-order valence-corrected chi connectivity index (χ2v) is 19.6. The Hall–Kier alpha value is -2.89. The van der Waals surface area contributed by atoms with Crippen LogP contribution >= 0.6 is 0 Å². The van der Waals surface area contributed by atoms with Gasteiger partial charge in [-0.15, -0.1) is 0 Å². The Labute approximate surface area is 421 Å². The standard InChI is InChI=1S/C62H110O6/c1-4-7-10-13-15-17-19-21-23-24-25-26-27-28-29-30-31-32-33-34-35-36-37-38-39-41-42-44-46-49-52-55-61(64)67-58-59(57-66-60(63)54-51-48-12-9-6-3)68-62(65)56-53-50-47-45-43-40-22-20-18-16-14-11-8-5-2/h14,16,19-22,24-25,27-28,59H,4-13,15,17-18,23,26,29-58H2,1-3H3/b16-14-,21-19-,22-20-,25-24-,28-27-. The molecule has 0 aromatic rings. The second-order valence-electron chi connectivity index (χ2n) is 19.6. The number of hydrogen-bond donors (Lipinski definition) is 0. The Morgan fingerprint density at radius 1 is 0.294 bits per heavy atom. The lowest BCUT2D eigenvalue weighted by Crippen LogP contribution is -2.30. The van der Waals surface area contributed by atoms with Crippen LogP contribution in [0.1, 0.15) is 297 Å². The van der Waals surface area contributed by atoms with Crippen molar-refractivity contribution in [1.29, 1.82) is 0 Å². The van der Waals surface area contributed by atoms with Crippen LogP contribution in [0, 0.1) is 0 Å². The number of hydrogen-bond acceptors (Lipinski definition) is 6. The Bertz CT molecular complexity index is 1230. The quantitative estimate of drug-likeness (QED) is 0.0262. The highest BCUT2D eigenvalue weighted by molar-refractivity contribution is 5.71. The first-order chi connectivity index (χ1) is 33.5. The molecule has 0 aliphatic rings. The zero-order valence-electron chi connectivity index (χ0n) is 45.1. The van der Waals surface area contributed by atoms with Gasteiger partial charge in [-0.1, -0.05) is 255 Å². The molecule has 394 valence electrons. The molecule has 1 atom stereocenters. The van der Waals surface area contributed by atoms with Gasteiger partial charge < -0.3 is 14.2 Å². The Kier molecular flexibility index (Phi) is 54.3. The summed E-state index contributed by atoms with van der Waals surface area (Å²) in [7, 11) is 0. The van der Waals surface area contributed by atoms with Crippen molar-refractivity contribution in [3.63, 3.8) is 0 Å². The second kappa shape index (κ2) is 56.7. The van der Waals surface area contributed by atoms with E-state index in [2.05, 4.69) is 81.5 Å². The first-order valence-corrected chi connectivity index (χ1v) is 29.3. The van der Waals surface area contributed by atoms with Crippen LogP contribution < -0.4 is 0 Å². The number of allylic oxidation sites excluding steroid dienone is 10. The van der Waals surface area contributed by atoms with Crippen molar-refractivity contribution >= 4 is 17.9 Å². The van der Waals surface area contributed by atoms with Crippen LogP contribution in [0.3, 0.4) is 0 Å². The molecule has 0 fully saturated rings. The van der Waals surface area contributed by atoms with Gasteiger partial charge in [-0.25, -0.2) is 0 Å². The maximum atomic E-state index is 12.7. The minimum absolute atomic E-state index is 0.0781. The fraction of sp³-hybridized carbons (Fsp3) is 0.790. The Balaban J connectivity index is 3.96. The lowest BCUT2D eigenvalue weighted by atomic mass is 10.0. The van der Waals surface area contributed by atoms with Gasteiger partial charge in [0.25, 0.3) is 0 Å². The minimum atomic E-state index is -0.776. The van der Waals surface area contributed by atoms with Gasteiger partial charge in [0, 0.05) is 19.3 Å². The zero-order valence-corrected chi connectivity index (χ0v) is 45.1. The molecule has 68 heavy (non-hydrogen) atoms. The highest BCUT2D eigenvalue weighted by Crippen LogP contribution is 2.16. The summed E-state index contributed by atoms with van der Waals surface area (Å²) in [6, 6.07) is 0. The van der Waals surface area contributed by atoms with Crippen molar-refractivity contribution in [2.24, 2.45) is 0 Å². The van der Waals surface area contributed by atoms with Gasteiger partial charge in [-0.3, -0.25) is 14.4 Å². The van der Waals surface area contributed by atoms with Crippen LogP contribution in [-0.2, 0) is 28.6 Å². The monoisotopic (exact) mass is 951 g/mol. The smallest absolute Gasteiger partial charge is 0.306 e. The van der Waals surface area contributed by atoms with E-state index in [9.17, 15) is 14.4 Å². The topological polar surface area (TPSA) is 78.9 Å². The van der Waals surface area contributed by atoms with Gasteiger partial charge in [0.1, 0.15) is 13.2 Å². The fourth-order valence-electron chi connectivity index (χ4n) is 8.29. The molecule has 0 aromatic carbocycles. The van der Waals surface area contributed by atoms with Gasteiger partial charge in [0.15, 0.2) is 6.10 Å². The van der Waals surface area contributed by atoms with Crippen LogP contribution in [-0.4, -0.2) is 37.2 Å². The molecule has 0 saturated carbocycles. The highest BCUT2D eigenvalue weighted by atomic mass is 16.6. The fourth-order valence-corrected chi connectivity index (χ4v) is 8.29. The molecule has 1 unspecified atom stereocenters. The number of carbonyl (C=O) groups excluding carboxylic acids is 3. The SMILES string of the molecule is CCCC/C=C\C/C=C\CCCCCCCC(=O)OC(COC(=O)CCCCCCC)COC(=O)CCCCCCCCCCCCCCCCCC/C=C\C/C=C\C/C=C\CCCCCCC. The number of rotatable bonds is 53. The van der Waals surface area contributed by atoms with E-state index in [4.69, 9.17) is 14.2 Å². The summed E-state index contributed by atoms with van der Waals surface area (Å²) in [5, 5.41) is 0. The number of unbranched alkanes of at least 4 members (excludes halogenated alkanes) is 32. The molecule has 0 rings (SSSR count). The lowest BCUT2D eigenvalue weighted by Gasteiger charge is -2.18.